The maximum Gasteiger partial charge on any atom is 0.292 e. The van der Waals surface area contributed by atoms with Crippen molar-refractivity contribution in [2.45, 2.75) is 20.3 Å². The van der Waals surface area contributed by atoms with Gasteiger partial charge in [0.1, 0.15) is 0 Å². The number of carbonyl (C=O) groups excluding carboxylic acids is 3. The molecule has 0 saturated carbocycles. The molecular weight excluding hydrogens is 380 g/mol. The summed E-state index contributed by atoms with van der Waals surface area (Å²) in [6, 6.07) is 18.8. The summed E-state index contributed by atoms with van der Waals surface area (Å²) in [6.07, 6.45) is 0.269. The molecule has 7 heteroatoms. The quantitative estimate of drug-likeness (QED) is 0.342. The van der Waals surface area contributed by atoms with E-state index in [0.717, 1.165) is 11.3 Å². The zero-order valence-electron chi connectivity index (χ0n) is 17.0. The summed E-state index contributed by atoms with van der Waals surface area (Å²) >= 11 is 0. The number of amides is 2. The molecule has 3 rings (SSSR count). The number of Topliss-reactive ketones (excluding diaryl/α,β-unsaturated/α-hetero) is 1. The van der Waals surface area contributed by atoms with Crippen LogP contribution in [0.4, 0.5) is 0 Å². The maximum absolute atomic E-state index is 12.6. The first-order valence-corrected chi connectivity index (χ1v) is 9.72. The highest BCUT2D eigenvalue weighted by Gasteiger charge is 2.24. The molecule has 1 aromatic heterocycles. The highest BCUT2D eigenvalue weighted by atomic mass is 16.2. The number of benzene rings is 2. The van der Waals surface area contributed by atoms with E-state index in [1.54, 1.807) is 18.5 Å². The van der Waals surface area contributed by atoms with E-state index >= 15 is 0 Å². The summed E-state index contributed by atoms with van der Waals surface area (Å²) in [4.78, 5) is 36.9. The molecule has 7 nitrogen and oxygen atoms in total. The molecule has 0 radical (unpaired) electrons. The van der Waals surface area contributed by atoms with Gasteiger partial charge in [0.25, 0.3) is 11.7 Å². The first-order chi connectivity index (χ1) is 14.5. The molecule has 2 aromatic carbocycles. The Kier molecular flexibility index (Phi) is 6.75. The molecule has 0 unspecified atom stereocenters. The lowest BCUT2D eigenvalue weighted by molar-refractivity contribution is -0.121. The van der Waals surface area contributed by atoms with Gasteiger partial charge in [-0.2, -0.15) is 5.10 Å². The standard InChI is InChI=1S/C23H24N4O3/c1-16-21(17(2)27(26-16)19-11-7-4-8-12-19)22(29)23(30)25-14-13-24-20(28)15-18-9-5-3-6-10-18/h3-12H,13-15H2,1-2H3,(H,24,28)(H,25,30). The van der Waals surface area contributed by atoms with Crippen molar-refractivity contribution in [3.05, 3.63) is 83.2 Å². The lowest BCUT2D eigenvalue weighted by atomic mass is 10.1. The normalized spacial score (nSPS) is 10.5. The fourth-order valence-corrected chi connectivity index (χ4v) is 3.21. The summed E-state index contributed by atoms with van der Waals surface area (Å²) in [5.74, 6) is -1.49. The number of aryl methyl sites for hydroxylation is 1. The summed E-state index contributed by atoms with van der Waals surface area (Å²) in [7, 11) is 0. The Labute approximate surface area is 175 Å². The van der Waals surface area contributed by atoms with E-state index in [1.807, 2.05) is 60.7 Å². The van der Waals surface area contributed by atoms with E-state index in [0.29, 0.717) is 17.0 Å². The van der Waals surface area contributed by atoms with Crippen LogP contribution in [0.3, 0.4) is 0 Å². The van der Waals surface area contributed by atoms with Crippen molar-refractivity contribution in [2.24, 2.45) is 0 Å². The van der Waals surface area contributed by atoms with Crippen molar-refractivity contribution in [2.75, 3.05) is 13.1 Å². The zero-order chi connectivity index (χ0) is 21.5. The van der Waals surface area contributed by atoms with E-state index in [2.05, 4.69) is 15.7 Å². The molecule has 0 saturated heterocycles. The van der Waals surface area contributed by atoms with Crippen LogP contribution in [0.2, 0.25) is 0 Å². The van der Waals surface area contributed by atoms with Crippen molar-refractivity contribution >= 4 is 17.6 Å². The SMILES string of the molecule is Cc1nn(-c2ccccc2)c(C)c1C(=O)C(=O)NCCNC(=O)Cc1ccccc1. The van der Waals surface area contributed by atoms with Gasteiger partial charge in [0.15, 0.2) is 0 Å². The van der Waals surface area contributed by atoms with Crippen LogP contribution in [0.1, 0.15) is 27.3 Å². The average Bonchev–Trinajstić information content (AvgIpc) is 3.05. The van der Waals surface area contributed by atoms with Crippen molar-refractivity contribution in [1.82, 2.24) is 20.4 Å². The van der Waals surface area contributed by atoms with E-state index in [9.17, 15) is 14.4 Å². The monoisotopic (exact) mass is 404 g/mol. The van der Waals surface area contributed by atoms with Crippen LogP contribution < -0.4 is 10.6 Å². The van der Waals surface area contributed by atoms with E-state index < -0.39 is 11.7 Å². The van der Waals surface area contributed by atoms with E-state index in [-0.39, 0.29) is 25.4 Å². The Hall–Kier alpha value is -3.74. The lowest BCUT2D eigenvalue weighted by Gasteiger charge is -2.07. The van der Waals surface area contributed by atoms with Gasteiger partial charge in [-0.15, -0.1) is 0 Å². The molecule has 0 aliphatic carbocycles. The number of aromatic nitrogens is 2. The van der Waals surface area contributed by atoms with Crippen LogP contribution >= 0.6 is 0 Å². The minimum absolute atomic E-state index is 0.141. The molecule has 2 amide bonds. The number of para-hydroxylation sites is 1. The topological polar surface area (TPSA) is 93.1 Å². The third kappa shape index (κ3) is 5.00. The molecule has 0 aliphatic rings. The van der Waals surface area contributed by atoms with Crippen molar-refractivity contribution in [3.63, 3.8) is 0 Å². The fourth-order valence-electron chi connectivity index (χ4n) is 3.21. The van der Waals surface area contributed by atoms with Gasteiger partial charge >= 0.3 is 0 Å². The van der Waals surface area contributed by atoms with Gasteiger partial charge in [0.05, 0.1) is 29.1 Å². The number of hydrogen-bond acceptors (Lipinski definition) is 4. The van der Waals surface area contributed by atoms with Gasteiger partial charge in [-0.25, -0.2) is 4.68 Å². The second-order valence-corrected chi connectivity index (χ2v) is 6.89. The Morgan fingerprint density at radius 2 is 1.47 bits per heavy atom. The van der Waals surface area contributed by atoms with E-state index in [1.165, 1.54) is 0 Å². The summed E-state index contributed by atoms with van der Waals surface area (Å²) < 4.78 is 1.65. The third-order valence-electron chi connectivity index (χ3n) is 4.67. The minimum atomic E-state index is -0.717. The molecule has 154 valence electrons. The first-order valence-electron chi connectivity index (χ1n) is 9.72. The van der Waals surface area contributed by atoms with Crippen LogP contribution in [0.25, 0.3) is 5.69 Å². The Morgan fingerprint density at radius 3 is 2.13 bits per heavy atom. The van der Waals surface area contributed by atoms with Crippen LogP contribution in [0.15, 0.2) is 60.7 Å². The number of nitrogens with zero attached hydrogens (tertiary/aromatic N) is 2. The maximum atomic E-state index is 12.6. The molecule has 0 atom stereocenters. The number of rotatable bonds is 8. The summed E-state index contributed by atoms with van der Waals surface area (Å²) in [6.45, 7) is 3.87. The Morgan fingerprint density at radius 1 is 0.867 bits per heavy atom. The lowest BCUT2D eigenvalue weighted by Crippen LogP contribution is -2.38. The van der Waals surface area contributed by atoms with Gasteiger partial charge in [-0.1, -0.05) is 48.5 Å². The van der Waals surface area contributed by atoms with Crippen molar-refractivity contribution in [3.8, 4) is 5.69 Å². The largest absolute Gasteiger partial charge is 0.354 e. The van der Waals surface area contributed by atoms with Crippen molar-refractivity contribution < 1.29 is 14.4 Å². The summed E-state index contributed by atoms with van der Waals surface area (Å²) in [5.41, 5.74) is 3.13. The predicted molar refractivity (Wildman–Crippen MR) is 114 cm³/mol. The van der Waals surface area contributed by atoms with Crippen LogP contribution in [-0.2, 0) is 16.0 Å². The smallest absolute Gasteiger partial charge is 0.292 e. The van der Waals surface area contributed by atoms with Gasteiger partial charge in [-0.3, -0.25) is 14.4 Å². The molecule has 3 aromatic rings. The van der Waals surface area contributed by atoms with E-state index in [4.69, 9.17) is 0 Å². The van der Waals surface area contributed by atoms with Crippen molar-refractivity contribution in [1.29, 1.82) is 0 Å². The molecule has 0 aliphatic heterocycles. The number of hydrogen-bond donors (Lipinski definition) is 2. The average molecular weight is 404 g/mol. The third-order valence-corrected chi connectivity index (χ3v) is 4.67. The van der Waals surface area contributed by atoms with Crippen LogP contribution in [-0.4, -0.2) is 40.5 Å². The Balaban J connectivity index is 1.53. The second-order valence-electron chi connectivity index (χ2n) is 6.89. The molecule has 1 heterocycles. The second kappa shape index (κ2) is 9.65. The highest BCUT2D eigenvalue weighted by molar-refractivity contribution is 6.43. The van der Waals surface area contributed by atoms with Gasteiger partial charge in [0.2, 0.25) is 5.91 Å². The molecule has 0 fully saturated rings. The molecule has 0 bridgehead atoms. The van der Waals surface area contributed by atoms with Gasteiger partial charge in [-0.05, 0) is 31.5 Å². The van der Waals surface area contributed by atoms with Gasteiger partial charge in [0, 0.05) is 13.1 Å². The van der Waals surface area contributed by atoms with Crippen LogP contribution in [0.5, 0.6) is 0 Å². The molecular formula is C23H24N4O3. The first kappa shape index (κ1) is 21.0. The number of ketones is 1. The molecule has 2 N–H and O–H groups in total. The Bertz CT molecular complexity index is 1040. The highest BCUT2D eigenvalue weighted by Crippen LogP contribution is 2.18. The fraction of sp³-hybridized carbons (Fsp3) is 0.217. The zero-order valence-corrected chi connectivity index (χ0v) is 17.0. The van der Waals surface area contributed by atoms with Crippen LogP contribution in [0, 0.1) is 13.8 Å². The molecule has 30 heavy (non-hydrogen) atoms. The van der Waals surface area contributed by atoms with Gasteiger partial charge < -0.3 is 10.6 Å². The number of nitrogens with one attached hydrogen (secondary N) is 2. The number of carbonyl (C=O) groups is 3. The summed E-state index contributed by atoms with van der Waals surface area (Å²) in [5, 5.41) is 9.70. The molecule has 0 spiro atoms. The minimum Gasteiger partial charge on any atom is -0.354 e. The predicted octanol–water partition coefficient (Wildman–Crippen LogP) is 2.15.